The lowest BCUT2D eigenvalue weighted by atomic mass is 10.1. The summed E-state index contributed by atoms with van der Waals surface area (Å²) >= 11 is 0. The Bertz CT molecular complexity index is 229. The third-order valence-corrected chi connectivity index (χ3v) is 2.30. The first kappa shape index (κ1) is 14.9. The van der Waals surface area contributed by atoms with Crippen LogP contribution in [0.25, 0.3) is 0 Å². The van der Waals surface area contributed by atoms with Crippen LogP contribution in [-0.2, 0) is 9.53 Å². The molecule has 0 N–H and O–H groups in total. The summed E-state index contributed by atoms with van der Waals surface area (Å²) in [5.41, 5.74) is 0. The van der Waals surface area contributed by atoms with Crippen molar-refractivity contribution in [3.05, 3.63) is 24.5 Å². The molecule has 0 amide bonds. The molecule has 0 heterocycles. The van der Waals surface area contributed by atoms with E-state index in [2.05, 4.69) is 13.5 Å². The van der Waals surface area contributed by atoms with Crippen molar-refractivity contribution in [3.8, 4) is 0 Å². The Morgan fingerprint density at radius 1 is 1.19 bits per heavy atom. The number of allylic oxidation sites excluding steroid dienone is 2. The average Bonchev–Trinajstić information content (AvgIpc) is 2.21. The standard InChI is InChI=1S/C14H24O2/c1-4-5-6-7-8-9-10-11-12-13(2)16-14(3)15/h11-12H,2,4-10H2,1,3H3. The second kappa shape index (κ2) is 10.5. The lowest BCUT2D eigenvalue weighted by Crippen LogP contribution is -1.94. The number of esters is 1. The van der Waals surface area contributed by atoms with Gasteiger partial charge in [-0.05, 0) is 18.9 Å². The number of ether oxygens (including phenoxy) is 1. The summed E-state index contributed by atoms with van der Waals surface area (Å²) in [6.45, 7) is 7.23. The van der Waals surface area contributed by atoms with Gasteiger partial charge >= 0.3 is 5.97 Å². The minimum absolute atomic E-state index is 0.311. The SMILES string of the molecule is C=C(C=CCCCCCCCC)OC(C)=O. The molecule has 0 saturated heterocycles. The van der Waals surface area contributed by atoms with Gasteiger partial charge in [-0.15, -0.1) is 0 Å². The minimum Gasteiger partial charge on any atom is -0.427 e. The quantitative estimate of drug-likeness (QED) is 0.251. The zero-order chi connectivity index (χ0) is 12.2. The molecule has 0 aliphatic rings. The van der Waals surface area contributed by atoms with Crippen molar-refractivity contribution in [1.82, 2.24) is 0 Å². The van der Waals surface area contributed by atoms with Gasteiger partial charge in [0.2, 0.25) is 0 Å². The van der Waals surface area contributed by atoms with Crippen LogP contribution in [0.5, 0.6) is 0 Å². The highest BCUT2D eigenvalue weighted by Gasteiger charge is 1.93. The van der Waals surface area contributed by atoms with E-state index >= 15 is 0 Å². The molecule has 2 nitrogen and oxygen atoms in total. The fourth-order valence-electron chi connectivity index (χ4n) is 1.48. The van der Waals surface area contributed by atoms with E-state index in [0.717, 1.165) is 6.42 Å². The Balaban J connectivity index is 3.33. The normalized spacial score (nSPS) is 10.6. The molecule has 0 aliphatic heterocycles. The maximum absolute atomic E-state index is 10.6. The van der Waals surface area contributed by atoms with Gasteiger partial charge < -0.3 is 4.74 Å². The smallest absolute Gasteiger partial charge is 0.308 e. The largest absolute Gasteiger partial charge is 0.427 e. The van der Waals surface area contributed by atoms with Crippen molar-refractivity contribution in [1.29, 1.82) is 0 Å². The number of carbonyl (C=O) groups is 1. The van der Waals surface area contributed by atoms with Gasteiger partial charge in [-0.2, -0.15) is 0 Å². The summed E-state index contributed by atoms with van der Waals surface area (Å²) in [5.74, 6) is 0.118. The Morgan fingerprint density at radius 3 is 2.44 bits per heavy atom. The molecule has 92 valence electrons. The molecule has 0 aromatic rings. The third-order valence-electron chi connectivity index (χ3n) is 2.30. The molecule has 0 bridgehead atoms. The predicted octanol–water partition coefficient (Wildman–Crippen LogP) is 4.37. The highest BCUT2D eigenvalue weighted by Crippen LogP contribution is 2.07. The van der Waals surface area contributed by atoms with Gasteiger partial charge in [-0.1, -0.05) is 51.7 Å². The summed E-state index contributed by atoms with van der Waals surface area (Å²) in [6, 6.07) is 0. The molecule has 0 aromatic heterocycles. The highest BCUT2D eigenvalue weighted by atomic mass is 16.5. The molecule has 0 radical (unpaired) electrons. The van der Waals surface area contributed by atoms with Crippen LogP contribution in [0.3, 0.4) is 0 Å². The summed E-state index contributed by atoms with van der Waals surface area (Å²) in [4.78, 5) is 10.6. The van der Waals surface area contributed by atoms with Crippen LogP contribution in [0.4, 0.5) is 0 Å². The number of unbranched alkanes of at least 4 members (excludes halogenated alkanes) is 6. The number of rotatable bonds is 9. The maximum Gasteiger partial charge on any atom is 0.308 e. The average molecular weight is 224 g/mol. The molecule has 16 heavy (non-hydrogen) atoms. The highest BCUT2D eigenvalue weighted by molar-refractivity contribution is 5.67. The first-order valence-electron chi connectivity index (χ1n) is 6.20. The lowest BCUT2D eigenvalue weighted by Gasteiger charge is -1.99. The fraction of sp³-hybridized carbons (Fsp3) is 0.643. The molecule has 0 unspecified atom stereocenters. The molecule has 0 fully saturated rings. The first-order valence-corrected chi connectivity index (χ1v) is 6.20. The summed E-state index contributed by atoms with van der Waals surface area (Å²) in [5, 5.41) is 0. The first-order chi connectivity index (χ1) is 7.66. The Kier molecular flexibility index (Phi) is 9.78. The molecule has 0 rings (SSSR count). The van der Waals surface area contributed by atoms with Crippen molar-refractivity contribution < 1.29 is 9.53 Å². The van der Waals surface area contributed by atoms with Crippen molar-refractivity contribution in [2.24, 2.45) is 0 Å². The van der Waals surface area contributed by atoms with E-state index in [1.165, 1.54) is 45.4 Å². The van der Waals surface area contributed by atoms with Gasteiger partial charge in [0.15, 0.2) is 0 Å². The van der Waals surface area contributed by atoms with Gasteiger partial charge in [0.05, 0.1) is 0 Å². The Hall–Kier alpha value is -1.05. The van der Waals surface area contributed by atoms with E-state index in [1.54, 1.807) is 6.08 Å². The van der Waals surface area contributed by atoms with Gasteiger partial charge in [-0.25, -0.2) is 0 Å². The van der Waals surface area contributed by atoms with E-state index in [1.807, 2.05) is 6.08 Å². The van der Waals surface area contributed by atoms with E-state index in [0.29, 0.717) is 5.76 Å². The van der Waals surface area contributed by atoms with E-state index in [-0.39, 0.29) is 5.97 Å². The second-order valence-electron chi connectivity index (χ2n) is 4.02. The molecule has 0 saturated carbocycles. The monoisotopic (exact) mass is 224 g/mol. The summed E-state index contributed by atoms with van der Waals surface area (Å²) in [7, 11) is 0. The van der Waals surface area contributed by atoms with Crippen molar-refractivity contribution in [2.75, 3.05) is 0 Å². The van der Waals surface area contributed by atoms with Crippen molar-refractivity contribution >= 4 is 5.97 Å². The number of hydrogen-bond donors (Lipinski definition) is 0. The van der Waals surface area contributed by atoms with Crippen LogP contribution in [0, 0.1) is 0 Å². The van der Waals surface area contributed by atoms with Crippen LogP contribution >= 0.6 is 0 Å². The predicted molar refractivity (Wildman–Crippen MR) is 68.0 cm³/mol. The van der Waals surface area contributed by atoms with Crippen LogP contribution in [-0.4, -0.2) is 5.97 Å². The fourth-order valence-corrected chi connectivity index (χ4v) is 1.48. The molecule has 0 aliphatic carbocycles. The van der Waals surface area contributed by atoms with Crippen molar-refractivity contribution in [3.63, 3.8) is 0 Å². The summed E-state index contributed by atoms with van der Waals surface area (Å²) in [6.07, 6.45) is 12.6. The van der Waals surface area contributed by atoms with E-state index < -0.39 is 0 Å². The zero-order valence-electron chi connectivity index (χ0n) is 10.6. The lowest BCUT2D eigenvalue weighted by molar-refractivity contribution is -0.136. The third kappa shape index (κ3) is 11.0. The maximum atomic E-state index is 10.6. The summed E-state index contributed by atoms with van der Waals surface area (Å²) < 4.78 is 4.79. The second-order valence-corrected chi connectivity index (χ2v) is 4.02. The van der Waals surface area contributed by atoms with Gasteiger partial charge in [-0.3, -0.25) is 4.79 Å². The van der Waals surface area contributed by atoms with Crippen LogP contribution in [0.15, 0.2) is 24.5 Å². The van der Waals surface area contributed by atoms with Gasteiger partial charge in [0.1, 0.15) is 5.76 Å². The molecule has 0 spiro atoms. The van der Waals surface area contributed by atoms with Gasteiger partial charge in [0, 0.05) is 6.92 Å². The van der Waals surface area contributed by atoms with Crippen LogP contribution in [0.2, 0.25) is 0 Å². The molecule has 0 aromatic carbocycles. The van der Waals surface area contributed by atoms with E-state index in [9.17, 15) is 4.79 Å². The Labute approximate surface area is 99.4 Å². The van der Waals surface area contributed by atoms with Crippen LogP contribution < -0.4 is 0 Å². The molecule has 2 heteroatoms. The van der Waals surface area contributed by atoms with Crippen LogP contribution in [0.1, 0.15) is 58.8 Å². The number of carbonyl (C=O) groups excluding carboxylic acids is 1. The molecular weight excluding hydrogens is 200 g/mol. The number of hydrogen-bond acceptors (Lipinski definition) is 2. The molecular formula is C14H24O2. The van der Waals surface area contributed by atoms with E-state index in [4.69, 9.17) is 4.74 Å². The zero-order valence-corrected chi connectivity index (χ0v) is 10.6. The van der Waals surface area contributed by atoms with Crippen molar-refractivity contribution in [2.45, 2.75) is 58.8 Å². The minimum atomic E-state index is -0.311. The van der Waals surface area contributed by atoms with Gasteiger partial charge in [0.25, 0.3) is 0 Å². The topological polar surface area (TPSA) is 26.3 Å². The molecule has 0 atom stereocenters. The Morgan fingerprint density at radius 2 is 1.81 bits per heavy atom.